The van der Waals surface area contributed by atoms with Crippen molar-refractivity contribution in [1.82, 2.24) is 0 Å². The average molecular weight is 612 g/mol. The fourth-order valence-corrected chi connectivity index (χ4v) is 13.3. The number of fused-ring (bicyclic) bond motifs is 7. The average Bonchev–Trinajstić information content (AvgIpc) is 3.30. The van der Waals surface area contributed by atoms with Crippen LogP contribution in [0.3, 0.4) is 0 Å². The first-order chi connectivity index (χ1) is 20.4. The van der Waals surface area contributed by atoms with Crippen LogP contribution in [-0.2, 0) is 19.1 Å². The van der Waals surface area contributed by atoms with Crippen molar-refractivity contribution in [2.45, 2.75) is 145 Å². The zero-order valence-corrected chi connectivity index (χ0v) is 29.8. The Morgan fingerprint density at radius 2 is 1.52 bits per heavy atom. The summed E-state index contributed by atoms with van der Waals surface area (Å²) in [4.78, 5) is 25.2. The molecule has 0 radical (unpaired) electrons. The number of carbonyl (C=O) groups excluding carboxylic acids is 2. The predicted octanol–water partition coefficient (Wildman–Crippen LogP) is 8.88. The van der Waals surface area contributed by atoms with E-state index in [9.17, 15) is 9.59 Å². The summed E-state index contributed by atoms with van der Waals surface area (Å²) in [6.45, 7) is 24.3. The van der Waals surface area contributed by atoms with E-state index >= 15 is 0 Å². The Morgan fingerprint density at radius 3 is 2.16 bits per heavy atom. The minimum absolute atomic E-state index is 0.0837. The van der Waals surface area contributed by atoms with E-state index in [-0.39, 0.29) is 41.7 Å². The summed E-state index contributed by atoms with van der Waals surface area (Å²) >= 11 is 0. The molecule has 250 valence electrons. The molecule has 5 fully saturated rings. The number of rotatable bonds is 8. The van der Waals surface area contributed by atoms with Crippen LogP contribution in [0, 0.1) is 62.1 Å². The molecule has 5 unspecified atom stereocenters. The topological polar surface area (TPSA) is 78.6 Å². The minimum Gasteiger partial charge on any atom is -0.469 e. The van der Waals surface area contributed by atoms with E-state index in [1.54, 1.807) is 0 Å². The first kappa shape index (κ1) is 34.0. The lowest BCUT2D eigenvalue weighted by Crippen LogP contribution is -2.66. The van der Waals surface area contributed by atoms with Gasteiger partial charge in [-0.1, -0.05) is 60.6 Å². The van der Waals surface area contributed by atoms with E-state index in [0.29, 0.717) is 34.0 Å². The van der Waals surface area contributed by atoms with Crippen LogP contribution in [-0.4, -0.2) is 31.7 Å². The molecular weight excluding hydrogens is 546 g/mol. The summed E-state index contributed by atoms with van der Waals surface area (Å²) < 4.78 is 11.2. The van der Waals surface area contributed by atoms with Crippen molar-refractivity contribution < 1.29 is 19.1 Å². The normalized spacial score (nSPS) is 44.4. The molecule has 5 aliphatic rings. The second-order valence-electron chi connectivity index (χ2n) is 18.5. The van der Waals surface area contributed by atoms with Gasteiger partial charge in [0.1, 0.15) is 6.10 Å². The molecule has 0 aliphatic heterocycles. The number of ether oxygens (including phenoxy) is 2. The highest BCUT2D eigenvalue weighted by molar-refractivity contribution is 5.74. The SMILES string of the molecule is C=C(C)C1CC[C@]2(CCN)CC[C@]3(C)C(CCC4[C@@]5(C)CC[C@H](OC(=O)CC(C)(C)CC(=O)OC)C(C)(C)C5CC[C@]43C)C12. The molecule has 0 saturated heterocycles. The Balaban J connectivity index is 1.37. The smallest absolute Gasteiger partial charge is 0.306 e. The summed E-state index contributed by atoms with van der Waals surface area (Å²) in [5.41, 5.74) is 8.45. The van der Waals surface area contributed by atoms with Crippen LogP contribution in [0.2, 0.25) is 0 Å². The minimum atomic E-state index is -0.484. The molecule has 0 bridgehead atoms. The van der Waals surface area contributed by atoms with Gasteiger partial charge in [-0.25, -0.2) is 0 Å². The predicted molar refractivity (Wildman–Crippen MR) is 178 cm³/mol. The lowest BCUT2D eigenvalue weighted by molar-refractivity contribution is -0.250. The fourth-order valence-electron chi connectivity index (χ4n) is 13.3. The molecule has 0 spiro atoms. The van der Waals surface area contributed by atoms with Crippen molar-refractivity contribution in [3.63, 3.8) is 0 Å². The van der Waals surface area contributed by atoms with Gasteiger partial charge in [-0.3, -0.25) is 9.59 Å². The highest BCUT2D eigenvalue weighted by Crippen LogP contribution is 2.78. The van der Waals surface area contributed by atoms with Gasteiger partial charge in [0.2, 0.25) is 0 Å². The maximum Gasteiger partial charge on any atom is 0.306 e. The van der Waals surface area contributed by atoms with E-state index in [4.69, 9.17) is 15.2 Å². The van der Waals surface area contributed by atoms with Crippen LogP contribution in [0.4, 0.5) is 0 Å². The van der Waals surface area contributed by atoms with Gasteiger partial charge in [0.25, 0.3) is 0 Å². The van der Waals surface area contributed by atoms with E-state index in [2.05, 4.69) is 48.1 Å². The number of hydrogen-bond acceptors (Lipinski definition) is 5. The Hall–Kier alpha value is -1.36. The number of nitrogens with two attached hydrogens (primary N) is 1. The summed E-state index contributed by atoms with van der Waals surface area (Å²) in [5.74, 6) is 2.90. The van der Waals surface area contributed by atoms with E-state index in [1.165, 1.54) is 70.5 Å². The molecule has 0 aromatic rings. The van der Waals surface area contributed by atoms with Crippen molar-refractivity contribution in [3.8, 4) is 0 Å². The maximum atomic E-state index is 13.3. The molecule has 0 amide bonds. The van der Waals surface area contributed by atoms with Gasteiger partial charge in [0.05, 0.1) is 20.0 Å². The maximum absolute atomic E-state index is 13.3. The largest absolute Gasteiger partial charge is 0.469 e. The molecule has 0 aromatic carbocycles. The highest BCUT2D eigenvalue weighted by atomic mass is 16.5. The van der Waals surface area contributed by atoms with Crippen molar-refractivity contribution in [3.05, 3.63) is 12.2 Å². The van der Waals surface area contributed by atoms with Gasteiger partial charge in [-0.15, -0.1) is 0 Å². The lowest BCUT2D eigenvalue weighted by atomic mass is 9.32. The van der Waals surface area contributed by atoms with Crippen LogP contribution < -0.4 is 5.73 Å². The summed E-state index contributed by atoms with van der Waals surface area (Å²) in [5, 5.41) is 0. The third kappa shape index (κ3) is 5.12. The van der Waals surface area contributed by atoms with Crippen molar-refractivity contribution in [2.24, 2.45) is 67.8 Å². The number of carbonyl (C=O) groups is 2. The second kappa shape index (κ2) is 11.4. The van der Waals surface area contributed by atoms with E-state index in [1.807, 2.05) is 13.8 Å². The molecule has 2 N–H and O–H groups in total. The molecule has 5 heteroatoms. The van der Waals surface area contributed by atoms with E-state index in [0.717, 1.165) is 31.2 Å². The Labute approximate surface area is 269 Å². The van der Waals surface area contributed by atoms with Crippen LogP contribution in [0.25, 0.3) is 0 Å². The third-order valence-corrected chi connectivity index (χ3v) is 15.6. The molecule has 5 saturated carbocycles. The summed E-state index contributed by atoms with van der Waals surface area (Å²) in [7, 11) is 1.40. The summed E-state index contributed by atoms with van der Waals surface area (Å²) in [6.07, 6.45) is 14.1. The lowest BCUT2D eigenvalue weighted by Gasteiger charge is -2.73. The van der Waals surface area contributed by atoms with Crippen molar-refractivity contribution in [2.75, 3.05) is 13.7 Å². The van der Waals surface area contributed by atoms with Crippen LogP contribution >= 0.6 is 0 Å². The second-order valence-corrected chi connectivity index (χ2v) is 18.5. The molecule has 0 heterocycles. The van der Waals surface area contributed by atoms with Crippen LogP contribution in [0.15, 0.2) is 12.2 Å². The Kier molecular flexibility index (Phi) is 8.81. The van der Waals surface area contributed by atoms with Crippen LogP contribution in [0.1, 0.15) is 139 Å². The van der Waals surface area contributed by atoms with Gasteiger partial charge in [-0.05, 0) is 141 Å². The Bertz CT molecular complexity index is 1140. The molecule has 5 aliphatic carbocycles. The summed E-state index contributed by atoms with van der Waals surface area (Å²) in [6, 6.07) is 0. The zero-order valence-electron chi connectivity index (χ0n) is 29.8. The molecule has 0 aromatic heterocycles. The quantitative estimate of drug-likeness (QED) is 0.219. The monoisotopic (exact) mass is 611 g/mol. The molecule has 5 nitrogen and oxygen atoms in total. The Morgan fingerprint density at radius 1 is 0.841 bits per heavy atom. The first-order valence-electron chi connectivity index (χ1n) is 18.0. The van der Waals surface area contributed by atoms with Gasteiger partial charge >= 0.3 is 11.9 Å². The molecule has 5 rings (SSSR count). The van der Waals surface area contributed by atoms with Gasteiger partial charge in [-0.2, -0.15) is 0 Å². The zero-order chi connectivity index (χ0) is 32.5. The fraction of sp³-hybridized carbons (Fsp3) is 0.897. The van der Waals surface area contributed by atoms with Crippen molar-refractivity contribution in [1.29, 1.82) is 0 Å². The van der Waals surface area contributed by atoms with Crippen molar-refractivity contribution >= 4 is 11.9 Å². The number of esters is 2. The van der Waals surface area contributed by atoms with Gasteiger partial charge < -0.3 is 15.2 Å². The number of allylic oxidation sites excluding steroid dienone is 1. The standard InChI is InChI=1S/C39H65NO4/c1-25(2)26-13-18-39(21-22-40)20-19-37(8)27(33(26)39)11-12-29-36(7)16-15-30(35(5,6)28(36)14-17-38(29,37)9)44-32(42)24-34(3,4)23-31(41)43-10/h26-30,33H,1,11-24,40H2,2-10H3/t26?,27?,28?,29?,30-,33?,36-,37+,38+,39+/m0/s1. The van der Waals surface area contributed by atoms with E-state index < -0.39 is 5.41 Å². The van der Waals surface area contributed by atoms with Gasteiger partial charge in [0, 0.05) is 5.41 Å². The highest BCUT2D eigenvalue weighted by Gasteiger charge is 2.71. The molecule has 44 heavy (non-hydrogen) atoms. The number of methoxy groups -OCH3 is 1. The first-order valence-corrected chi connectivity index (χ1v) is 18.0. The molecular formula is C39H65NO4. The van der Waals surface area contributed by atoms with Gasteiger partial charge in [0.15, 0.2) is 0 Å². The van der Waals surface area contributed by atoms with Crippen LogP contribution in [0.5, 0.6) is 0 Å². The third-order valence-electron chi connectivity index (χ3n) is 15.6. The molecule has 10 atom stereocenters. The number of hydrogen-bond donors (Lipinski definition) is 1.